The average Bonchev–Trinajstić information content (AvgIpc) is 3.19. The molecular weight excluding hydrogens is 400 g/mol. The molecule has 28 heavy (non-hydrogen) atoms. The molecule has 0 aliphatic carbocycles. The topological polar surface area (TPSA) is 111 Å². The van der Waals surface area contributed by atoms with E-state index in [2.05, 4.69) is 21.4 Å². The van der Waals surface area contributed by atoms with Gasteiger partial charge in [-0.2, -0.15) is 0 Å². The summed E-state index contributed by atoms with van der Waals surface area (Å²) in [5, 5.41) is 35.0. The van der Waals surface area contributed by atoms with Crippen molar-refractivity contribution in [3.05, 3.63) is 17.7 Å². The number of phenols is 3. The van der Waals surface area contributed by atoms with Gasteiger partial charge >= 0.3 is 0 Å². The molecule has 158 valence electrons. The van der Waals surface area contributed by atoms with Crippen molar-refractivity contribution in [3.8, 4) is 17.2 Å². The van der Waals surface area contributed by atoms with Gasteiger partial charge in [0.1, 0.15) is 0 Å². The summed E-state index contributed by atoms with van der Waals surface area (Å²) in [6, 6.07) is 2.20. The van der Waals surface area contributed by atoms with E-state index in [0.29, 0.717) is 19.8 Å². The molecule has 0 spiro atoms. The smallest absolute Gasteiger partial charge is 0.251 e. The third-order valence-corrected chi connectivity index (χ3v) is 7.40. The fourth-order valence-electron chi connectivity index (χ4n) is 2.81. The number of aromatic hydroxyl groups is 3. The lowest BCUT2D eigenvalue weighted by atomic mass is 10.1. The number of hydrogen-bond acceptors (Lipinski definition) is 8. The van der Waals surface area contributed by atoms with Crippen LogP contribution >= 0.6 is 21.6 Å². The van der Waals surface area contributed by atoms with Crippen LogP contribution in [0, 0.1) is 0 Å². The molecule has 1 aromatic carbocycles. The molecular formula is C19H30N2O5S2. The zero-order valence-electron chi connectivity index (χ0n) is 16.0. The summed E-state index contributed by atoms with van der Waals surface area (Å²) in [6.07, 6.45) is 6.48. The normalized spacial score (nSPS) is 16.4. The molecule has 0 bridgehead atoms. The number of unbranched alkanes of at least 4 members (excludes halogenated alkanes) is 2. The second-order valence-electron chi connectivity index (χ2n) is 6.66. The van der Waals surface area contributed by atoms with Gasteiger partial charge < -0.3 is 30.7 Å². The maximum atomic E-state index is 11.9. The minimum Gasteiger partial charge on any atom is -0.504 e. The number of ether oxygens (including phenoxy) is 1. The van der Waals surface area contributed by atoms with E-state index in [1.807, 2.05) is 10.8 Å². The van der Waals surface area contributed by atoms with Crippen LogP contribution in [-0.4, -0.2) is 65.1 Å². The quantitative estimate of drug-likeness (QED) is 0.185. The highest BCUT2D eigenvalue weighted by Gasteiger charge is 2.15. The molecule has 0 saturated carbocycles. The van der Waals surface area contributed by atoms with Crippen LogP contribution in [0.15, 0.2) is 12.1 Å². The van der Waals surface area contributed by atoms with Crippen LogP contribution < -0.4 is 10.6 Å². The Balaban J connectivity index is 1.40. The molecule has 0 aromatic heterocycles. The Morgan fingerprint density at radius 1 is 1.07 bits per heavy atom. The first kappa shape index (κ1) is 23.0. The van der Waals surface area contributed by atoms with Crippen molar-refractivity contribution in [2.75, 3.05) is 38.6 Å². The Morgan fingerprint density at radius 2 is 1.82 bits per heavy atom. The van der Waals surface area contributed by atoms with Crippen molar-refractivity contribution in [2.45, 2.75) is 37.4 Å². The monoisotopic (exact) mass is 430 g/mol. The third kappa shape index (κ3) is 8.38. The maximum absolute atomic E-state index is 11.9. The molecule has 2 rings (SSSR count). The number of nitrogens with one attached hydrogen (secondary N) is 2. The van der Waals surface area contributed by atoms with Crippen molar-refractivity contribution >= 4 is 27.5 Å². The molecule has 0 radical (unpaired) electrons. The van der Waals surface area contributed by atoms with E-state index in [1.54, 1.807) is 0 Å². The Kier molecular flexibility index (Phi) is 10.7. The molecule has 0 unspecified atom stereocenters. The van der Waals surface area contributed by atoms with Crippen molar-refractivity contribution in [2.24, 2.45) is 0 Å². The van der Waals surface area contributed by atoms with Crippen molar-refractivity contribution in [3.63, 3.8) is 0 Å². The maximum Gasteiger partial charge on any atom is 0.251 e. The predicted molar refractivity (Wildman–Crippen MR) is 114 cm³/mol. The van der Waals surface area contributed by atoms with Gasteiger partial charge in [0.05, 0.1) is 13.2 Å². The highest BCUT2D eigenvalue weighted by Crippen LogP contribution is 2.39. The SMILES string of the molecule is O=C(NCCOCCNCCCCC[C@@H]1CCSS1)c1cc(O)c(O)c(O)c1. The van der Waals surface area contributed by atoms with Gasteiger partial charge in [-0.1, -0.05) is 34.4 Å². The predicted octanol–water partition coefficient (Wildman–Crippen LogP) is 2.85. The summed E-state index contributed by atoms with van der Waals surface area (Å²) < 4.78 is 5.46. The van der Waals surface area contributed by atoms with Gasteiger partial charge in [-0.3, -0.25) is 4.79 Å². The number of carbonyl (C=O) groups excluding carboxylic acids is 1. The second-order valence-corrected chi connectivity index (χ2v) is 9.45. The molecule has 1 heterocycles. The van der Waals surface area contributed by atoms with E-state index >= 15 is 0 Å². The third-order valence-electron chi connectivity index (χ3n) is 4.39. The van der Waals surface area contributed by atoms with Gasteiger partial charge in [-0.05, 0) is 37.9 Å². The largest absolute Gasteiger partial charge is 0.504 e. The molecule has 1 saturated heterocycles. The zero-order valence-corrected chi connectivity index (χ0v) is 17.6. The molecule has 1 aliphatic heterocycles. The summed E-state index contributed by atoms with van der Waals surface area (Å²) in [6.45, 7) is 3.05. The van der Waals surface area contributed by atoms with Crippen LogP contribution in [0.3, 0.4) is 0 Å². The van der Waals surface area contributed by atoms with E-state index < -0.39 is 23.2 Å². The molecule has 1 aliphatic rings. The summed E-state index contributed by atoms with van der Waals surface area (Å²) in [5.41, 5.74) is 0.0692. The van der Waals surface area contributed by atoms with Gasteiger partial charge in [-0.15, -0.1) is 0 Å². The molecule has 9 heteroatoms. The number of rotatable bonds is 13. The lowest BCUT2D eigenvalue weighted by Crippen LogP contribution is -2.28. The van der Waals surface area contributed by atoms with Crippen molar-refractivity contribution in [1.82, 2.24) is 10.6 Å². The van der Waals surface area contributed by atoms with E-state index in [1.165, 1.54) is 37.9 Å². The summed E-state index contributed by atoms with van der Waals surface area (Å²) in [5.74, 6) is -0.862. The Bertz CT molecular complexity index is 589. The molecule has 1 fully saturated rings. The zero-order chi connectivity index (χ0) is 20.2. The number of phenolic OH excluding ortho intramolecular Hbond substituents is 3. The van der Waals surface area contributed by atoms with Crippen LogP contribution in [0.2, 0.25) is 0 Å². The highest BCUT2D eigenvalue weighted by molar-refractivity contribution is 8.77. The van der Waals surface area contributed by atoms with Gasteiger partial charge in [-0.25, -0.2) is 0 Å². The average molecular weight is 431 g/mol. The first-order valence-corrected chi connectivity index (χ1v) is 12.1. The van der Waals surface area contributed by atoms with E-state index in [-0.39, 0.29) is 5.56 Å². The van der Waals surface area contributed by atoms with E-state index in [9.17, 15) is 20.1 Å². The number of hydrogen-bond donors (Lipinski definition) is 5. The Labute approximate surface area is 174 Å². The first-order chi connectivity index (χ1) is 13.6. The molecule has 7 nitrogen and oxygen atoms in total. The fraction of sp³-hybridized carbons (Fsp3) is 0.632. The lowest BCUT2D eigenvalue weighted by molar-refractivity contribution is 0.0916. The van der Waals surface area contributed by atoms with Crippen LogP contribution in [0.5, 0.6) is 17.2 Å². The van der Waals surface area contributed by atoms with Crippen LogP contribution in [0.4, 0.5) is 0 Å². The summed E-state index contributed by atoms with van der Waals surface area (Å²) >= 11 is 0. The molecule has 1 atom stereocenters. The minimum atomic E-state index is -0.640. The molecule has 5 N–H and O–H groups in total. The Morgan fingerprint density at radius 3 is 2.54 bits per heavy atom. The standard InChI is InChI=1S/C19H30N2O5S2/c22-16-12-14(13-17(23)18(16)24)19(25)21-8-10-26-9-7-20-6-3-1-2-4-15-5-11-27-28-15/h12-13,15,20,22-24H,1-11H2,(H,21,25)/t15-/m1/s1. The van der Waals surface area contributed by atoms with E-state index in [0.717, 1.165) is 30.5 Å². The summed E-state index contributed by atoms with van der Waals surface area (Å²) in [7, 11) is 4.06. The summed E-state index contributed by atoms with van der Waals surface area (Å²) in [4.78, 5) is 11.9. The van der Waals surface area contributed by atoms with Gasteiger partial charge in [0.15, 0.2) is 17.2 Å². The van der Waals surface area contributed by atoms with Crippen molar-refractivity contribution in [1.29, 1.82) is 0 Å². The second kappa shape index (κ2) is 13.0. The van der Waals surface area contributed by atoms with Gasteiger partial charge in [0.2, 0.25) is 0 Å². The van der Waals surface area contributed by atoms with Crippen LogP contribution in [0.25, 0.3) is 0 Å². The number of amides is 1. The molecule has 1 amide bonds. The molecule has 1 aromatic rings. The minimum absolute atomic E-state index is 0.0692. The van der Waals surface area contributed by atoms with Gasteiger partial charge in [0.25, 0.3) is 5.91 Å². The van der Waals surface area contributed by atoms with Crippen molar-refractivity contribution < 1.29 is 24.9 Å². The highest BCUT2D eigenvalue weighted by atomic mass is 33.1. The fourth-order valence-corrected chi connectivity index (χ4v) is 5.84. The van der Waals surface area contributed by atoms with E-state index in [4.69, 9.17) is 4.74 Å². The number of benzene rings is 1. The Hall–Kier alpha value is -1.29. The van der Waals surface area contributed by atoms with Crippen LogP contribution in [-0.2, 0) is 4.74 Å². The first-order valence-electron chi connectivity index (χ1n) is 9.68. The van der Waals surface area contributed by atoms with Gasteiger partial charge in [0, 0.05) is 29.7 Å². The lowest BCUT2D eigenvalue weighted by Gasteiger charge is -2.09. The van der Waals surface area contributed by atoms with Crippen LogP contribution in [0.1, 0.15) is 42.5 Å². The number of carbonyl (C=O) groups is 1.